The minimum Gasteiger partial charge on any atom is -0.351 e. The lowest BCUT2D eigenvalue weighted by Gasteiger charge is -2.11. The van der Waals surface area contributed by atoms with E-state index in [4.69, 9.17) is 10.1 Å². The molecule has 4 rings (SSSR count). The summed E-state index contributed by atoms with van der Waals surface area (Å²) in [4.78, 5) is 4.80. The highest BCUT2D eigenvalue weighted by atomic mass is 32.2. The predicted molar refractivity (Wildman–Crippen MR) is 102 cm³/mol. The summed E-state index contributed by atoms with van der Waals surface area (Å²) in [5.74, 6) is 1.71. The van der Waals surface area contributed by atoms with Gasteiger partial charge in [0.05, 0.1) is 17.5 Å². The summed E-state index contributed by atoms with van der Waals surface area (Å²) in [6.45, 7) is 4.10. The Hall–Kier alpha value is -2.41. The van der Waals surface area contributed by atoms with Crippen molar-refractivity contribution in [3.8, 4) is 22.8 Å². The third-order valence-corrected chi connectivity index (χ3v) is 6.98. The van der Waals surface area contributed by atoms with Gasteiger partial charge in [-0.05, 0) is 26.3 Å². The Morgan fingerprint density at radius 2 is 1.88 bits per heavy atom. The van der Waals surface area contributed by atoms with Crippen LogP contribution in [-0.2, 0) is 16.9 Å². The van der Waals surface area contributed by atoms with Gasteiger partial charge in [-0.3, -0.25) is 0 Å². The van der Waals surface area contributed by atoms with Crippen LogP contribution in [0.5, 0.6) is 0 Å². The van der Waals surface area contributed by atoms with Gasteiger partial charge in [0.25, 0.3) is 0 Å². The Labute approximate surface area is 153 Å². The van der Waals surface area contributed by atoms with Crippen molar-refractivity contribution in [3.05, 3.63) is 47.8 Å². The Balaban J connectivity index is 1.88. The highest BCUT2D eigenvalue weighted by Crippen LogP contribution is 2.32. The maximum absolute atomic E-state index is 12.0. The lowest BCUT2D eigenvalue weighted by Crippen LogP contribution is -2.14. The summed E-state index contributed by atoms with van der Waals surface area (Å²) < 4.78 is 27.9. The Morgan fingerprint density at radius 1 is 1.15 bits per heavy atom. The molecule has 0 aliphatic carbocycles. The van der Waals surface area contributed by atoms with Gasteiger partial charge in [-0.2, -0.15) is 5.10 Å². The lowest BCUT2D eigenvalue weighted by molar-refractivity contribution is 0.505. The third kappa shape index (κ3) is 2.86. The largest absolute Gasteiger partial charge is 0.351 e. The van der Waals surface area contributed by atoms with Crippen molar-refractivity contribution in [2.24, 2.45) is 7.05 Å². The van der Waals surface area contributed by atoms with Crippen molar-refractivity contribution in [3.63, 3.8) is 0 Å². The summed E-state index contributed by atoms with van der Waals surface area (Å²) in [5.41, 5.74) is 4.16. The van der Waals surface area contributed by atoms with Crippen LogP contribution in [0.15, 0.2) is 36.4 Å². The molecule has 0 amide bonds. The molecule has 3 aromatic rings. The summed E-state index contributed by atoms with van der Waals surface area (Å²) in [6.07, 6.45) is 0.581. The van der Waals surface area contributed by atoms with Crippen LogP contribution in [0.4, 0.5) is 0 Å². The van der Waals surface area contributed by atoms with Crippen molar-refractivity contribution in [1.29, 1.82) is 0 Å². The molecule has 0 unspecified atom stereocenters. The Morgan fingerprint density at radius 3 is 2.46 bits per heavy atom. The van der Waals surface area contributed by atoms with E-state index >= 15 is 0 Å². The van der Waals surface area contributed by atoms with Gasteiger partial charge in [-0.25, -0.2) is 18.1 Å². The molecule has 3 heterocycles. The standard InChI is InChI=1S/C19H22N4O2S/c1-13-11-17(14(2)22(13)3)19-20-18(15-7-5-4-6-8-15)21-23(19)16-9-10-26(24,25)12-16/h4-8,11,16H,9-10,12H2,1-3H3/t16-/m0/s1. The first-order valence-corrected chi connectivity index (χ1v) is 10.5. The fourth-order valence-corrected chi connectivity index (χ4v) is 5.21. The highest BCUT2D eigenvalue weighted by Gasteiger charge is 2.32. The molecule has 0 radical (unpaired) electrons. The maximum Gasteiger partial charge on any atom is 0.181 e. The molecule has 136 valence electrons. The molecule has 0 saturated carbocycles. The fraction of sp³-hybridized carbons (Fsp3) is 0.368. The zero-order chi connectivity index (χ0) is 18.5. The average Bonchev–Trinajstić information content (AvgIpc) is 3.28. The van der Waals surface area contributed by atoms with Crippen molar-refractivity contribution >= 4 is 9.84 Å². The van der Waals surface area contributed by atoms with Crippen LogP contribution in [0.1, 0.15) is 23.9 Å². The van der Waals surface area contributed by atoms with Crippen molar-refractivity contribution in [1.82, 2.24) is 19.3 Å². The molecule has 1 aliphatic heterocycles. The number of sulfone groups is 1. The van der Waals surface area contributed by atoms with Crippen LogP contribution in [0.2, 0.25) is 0 Å². The molecule has 2 aromatic heterocycles. The summed E-state index contributed by atoms with van der Waals surface area (Å²) in [7, 11) is -0.984. The number of aromatic nitrogens is 4. The van der Waals surface area contributed by atoms with Crippen molar-refractivity contribution in [2.75, 3.05) is 11.5 Å². The number of hydrogen-bond acceptors (Lipinski definition) is 4. The second kappa shape index (κ2) is 6.09. The average molecular weight is 370 g/mol. The SMILES string of the molecule is Cc1cc(-c2nc(-c3ccccc3)nn2[C@H]2CCS(=O)(=O)C2)c(C)n1C. The smallest absolute Gasteiger partial charge is 0.181 e. The van der Waals surface area contributed by atoms with E-state index in [1.165, 1.54) is 0 Å². The number of nitrogens with zero attached hydrogens (tertiary/aromatic N) is 4. The van der Waals surface area contributed by atoms with Crippen LogP contribution in [0, 0.1) is 13.8 Å². The van der Waals surface area contributed by atoms with E-state index in [1.54, 1.807) is 0 Å². The molecule has 1 saturated heterocycles. The summed E-state index contributed by atoms with van der Waals surface area (Å²) in [6, 6.07) is 11.7. The lowest BCUT2D eigenvalue weighted by atomic mass is 10.2. The van der Waals surface area contributed by atoms with Gasteiger partial charge in [0.2, 0.25) is 0 Å². The van der Waals surface area contributed by atoms with Crippen molar-refractivity contribution in [2.45, 2.75) is 26.3 Å². The first kappa shape index (κ1) is 17.0. The van der Waals surface area contributed by atoms with Crippen LogP contribution >= 0.6 is 0 Å². The van der Waals surface area contributed by atoms with Crippen LogP contribution < -0.4 is 0 Å². The zero-order valence-corrected chi connectivity index (χ0v) is 16.0. The van der Waals surface area contributed by atoms with Crippen molar-refractivity contribution < 1.29 is 8.42 Å². The fourth-order valence-electron chi connectivity index (χ4n) is 3.52. The van der Waals surface area contributed by atoms with Gasteiger partial charge in [0, 0.05) is 29.6 Å². The highest BCUT2D eigenvalue weighted by molar-refractivity contribution is 7.91. The topological polar surface area (TPSA) is 69.8 Å². The van der Waals surface area contributed by atoms with E-state index in [2.05, 4.69) is 24.5 Å². The van der Waals surface area contributed by atoms with E-state index in [9.17, 15) is 8.42 Å². The van der Waals surface area contributed by atoms with E-state index < -0.39 is 9.84 Å². The second-order valence-corrected chi connectivity index (χ2v) is 9.20. The predicted octanol–water partition coefficient (Wildman–Crippen LogP) is 2.93. The molecule has 1 atom stereocenters. The molecule has 7 heteroatoms. The van der Waals surface area contributed by atoms with Crippen LogP contribution in [-0.4, -0.2) is 39.3 Å². The van der Waals surface area contributed by atoms with Gasteiger partial charge < -0.3 is 4.57 Å². The molecule has 1 fully saturated rings. The quantitative estimate of drug-likeness (QED) is 0.711. The molecule has 6 nitrogen and oxygen atoms in total. The van der Waals surface area contributed by atoms with Gasteiger partial charge in [0.15, 0.2) is 21.5 Å². The van der Waals surface area contributed by atoms with E-state index in [0.717, 1.165) is 28.3 Å². The van der Waals surface area contributed by atoms with E-state index in [0.29, 0.717) is 12.2 Å². The minimum atomic E-state index is -3.00. The Bertz CT molecular complexity index is 1060. The van der Waals surface area contributed by atoms with E-state index in [1.807, 2.05) is 42.1 Å². The zero-order valence-electron chi connectivity index (χ0n) is 15.2. The van der Waals surface area contributed by atoms with Crippen LogP contribution in [0.25, 0.3) is 22.8 Å². The van der Waals surface area contributed by atoms with Gasteiger partial charge in [-0.15, -0.1) is 0 Å². The number of aryl methyl sites for hydroxylation is 1. The minimum absolute atomic E-state index is 0.127. The molecule has 0 spiro atoms. The van der Waals surface area contributed by atoms with Gasteiger partial charge in [0.1, 0.15) is 0 Å². The summed E-state index contributed by atoms with van der Waals surface area (Å²) >= 11 is 0. The number of benzene rings is 1. The molecule has 0 N–H and O–H groups in total. The third-order valence-electron chi connectivity index (χ3n) is 5.23. The number of rotatable bonds is 3. The Kier molecular flexibility index (Phi) is 3.99. The van der Waals surface area contributed by atoms with E-state index in [-0.39, 0.29) is 17.5 Å². The first-order valence-electron chi connectivity index (χ1n) is 8.71. The summed E-state index contributed by atoms with van der Waals surface area (Å²) in [5, 5.41) is 4.72. The molecule has 1 aliphatic rings. The first-order chi connectivity index (χ1) is 12.4. The molecular weight excluding hydrogens is 348 g/mol. The van der Waals surface area contributed by atoms with Gasteiger partial charge >= 0.3 is 0 Å². The monoisotopic (exact) mass is 370 g/mol. The van der Waals surface area contributed by atoms with Crippen LogP contribution in [0.3, 0.4) is 0 Å². The number of hydrogen-bond donors (Lipinski definition) is 0. The van der Waals surface area contributed by atoms with Gasteiger partial charge in [-0.1, -0.05) is 30.3 Å². The maximum atomic E-state index is 12.0. The molecule has 0 bridgehead atoms. The normalized spacial score (nSPS) is 19.1. The molecule has 26 heavy (non-hydrogen) atoms. The molecular formula is C19H22N4O2S. The molecule has 1 aromatic carbocycles. The second-order valence-electron chi connectivity index (χ2n) is 6.97.